The first kappa shape index (κ1) is 13.0. The van der Waals surface area contributed by atoms with Crippen molar-refractivity contribution in [2.75, 3.05) is 0 Å². The molecule has 0 fully saturated rings. The number of rotatable bonds is 5. The van der Waals surface area contributed by atoms with E-state index in [4.69, 9.17) is 18.0 Å². The van der Waals surface area contributed by atoms with Gasteiger partial charge in [-0.15, -0.1) is 6.42 Å². The van der Waals surface area contributed by atoms with E-state index in [-0.39, 0.29) is 11.9 Å². The molecule has 0 saturated carbocycles. The molecule has 1 atom stereocenters. The Balaban J connectivity index is 2.57. The van der Waals surface area contributed by atoms with Gasteiger partial charge >= 0.3 is 0 Å². The second kappa shape index (κ2) is 6.52. The maximum absolute atomic E-state index is 12.8. The molecule has 0 heterocycles. The van der Waals surface area contributed by atoms with E-state index < -0.39 is 0 Å². The molecule has 1 rings (SSSR count). The molecule has 86 valence electrons. The Hall–Kier alpha value is -1.04. The van der Waals surface area contributed by atoms with Gasteiger partial charge in [0, 0.05) is 11.6 Å². The van der Waals surface area contributed by atoms with Crippen LogP contribution in [0.15, 0.2) is 18.2 Å². The molecule has 0 spiro atoms. The summed E-state index contributed by atoms with van der Waals surface area (Å²) in [7, 11) is 0. The average Bonchev–Trinajstić information content (AvgIpc) is 2.26. The molecular weight excluding hydrogens is 225 g/mol. The number of terminal acetylenes is 1. The topological polar surface area (TPSA) is 12.0 Å². The fourth-order valence-electron chi connectivity index (χ4n) is 1.43. The second-order valence-corrected chi connectivity index (χ2v) is 4.03. The van der Waals surface area contributed by atoms with Crippen LogP contribution in [0, 0.1) is 18.2 Å². The quantitative estimate of drug-likeness (QED) is 0.777. The molecule has 0 aliphatic heterocycles. The number of nitrogens with one attached hydrogen (secondary N) is 1. The van der Waals surface area contributed by atoms with E-state index in [1.165, 1.54) is 12.1 Å². The fourth-order valence-corrected chi connectivity index (χ4v) is 1.67. The standard InChI is InChI=1S/C13H15ClFN/c1-3-5-12(4-2)16-9-10-6-7-11(15)8-13(10)14/h2,6-8,12,16H,3,5,9H2,1H3. The van der Waals surface area contributed by atoms with Crippen molar-refractivity contribution < 1.29 is 4.39 Å². The van der Waals surface area contributed by atoms with Gasteiger partial charge < -0.3 is 0 Å². The Morgan fingerprint density at radius 1 is 1.56 bits per heavy atom. The van der Waals surface area contributed by atoms with Crippen molar-refractivity contribution in [2.45, 2.75) is 32.4 Å². The largest absolute Gasteiger partial charge is 0.300 e. The first-order chi connectivity index (χ1) is 7.67. The maximum Gasteiger partial charge on any atom is 0.124 e. The van der Waals surface area contributed by atoms with Crippen LogP contribution in [0.3, 0.4) is 0 Å². The summed E-state index contributed by atoms with van der Waals surface area (Å²) in [6.45, 7) is 2.64. The van der Waals surface area contributed by atoms with E-state index in [0.717, 1.165) is 18.4 Å². The zero-order valence-electron chi connectivity index (χ0n) is 9.26. The summed E-state index contributed by atoms with van der Waals surface area (Å²) < 4.78 is 12.8. The summed E-state index contributed by atoms with van der Waals surface area (Å²) in [5.74, 6) is 2.35. The molecule has 1 unspecified atom stereocenters. The van der Waals surface area contributed by atoms with Gasteiger partial charge in [-0.2, -0.15) is 0 Å². The van der Waals surface area contributed by atoms with Gasteiger partial charge in [0.25, 0.3) is 0 Å². The Kier molecular flexibility index (Phi) is 5.31. The summed E-state index contributed by atoms with van der Waals surface area (Å²) in [4.78, 5) is 0. The Morgan fingerprint density at radius 2 is 2.31 bits per heavy atom. The highest BCUT2D eigenvalue weighted by molar-refractivity contribution is 6.31. The number of benzene rings is 1. The molecule has 0 saturated heterocycles. The van der Waals surface area contributed by atoms with Crippen LogP contribution in [-0.4, -0.2) is 6.04 Å². The molecule has 16 heavy (non-hydrogen) atoms. The summed E-state index contributed by atoms with van der Waals surface area (Å²) >= 11 is 5.90. The number of hydrogen-bond acceptors (Lipinski definition) is 1. The summed E-state index contributed by atoms with van der Waals surface area (Å²) in [5.41, 5.74) is 0.861. The first-order valence-corrected chi connectivity index (χ1v) is 5.68. The van der Waals surface area contributed by atoms with Crippen molar-refractivity contribution in [1.29, 1.82) is 0 Å². The predicted octanol–water partition coefficient (Wildman–Crippen LogP) is 3.37. The van der Waals surface area contributed by atoms with E-state index in [0.29, 0.717) is 11.6 Å². The molecule has 1 nitrogen and oxygen atoms in total. The molecule has 1 N–H and O–H groups in total. The zero-order chi connectivity index (χ0) is 12.0. The summed E-state index contributed by atoms with van der Waals surface area (Å²) in [6.07, 6.45) is 7.33. The number of halogens is 2. The van der Waals surface area contributed by atoms with Gasteiger partial charge in [0.05, 0.1) is 6.04 Å². The SMILES string of the molecule is C#CC(CCC)NCc1ccc(F)cc1Cl. The average molecular weight is 240 g/mol. The van der Waals surface area contributed by atoms with E-state index in [1.54, 1.807) is 6.07 Å². The van der Waals surface area contributed by atoms with Crippen LogP contribution in [0.1, 0.15) is 25.3 Å². The van der Waals surface area contributed by atoms with Crippen molar-refractivity contribution in [3.63, 3.8) is 0 Å². The van der Waals surface area contributed by atoms with Crippen LogP contribution in [-0.2, 0) is 6.54 Å². The van der Waals surface area contributed by atoms with Crippen LogP contribution < -0.4 is 5.32 Å². The van der Waals surface area contributed by atoms with Crippen LogP contribution >= 0.6 is 11.6 Å². The van der Waals surface area contributed by atoms with Gasteiger partial charge in [0.15, 0.2) is 0 Å². The molecule has 0 radical (unpaired) electrons. The van der Waals surface area contributed by atoms with Crippen molar-refractivity contribution >= 4 is 11.6 Å². The van der Waals surface area contributed by atoms with Gasteiger partial charge in [0.1, 0.15) is 5.82 Å². The van der Waals surface area contributed by atoms with E-state index in [2.05, 4.69) is 18.2 Å². The second-order valence-electron chi connectivity index (χ2n) is 3.62. The third kappa shape index (κ3) is 3.84. The highest BCUT2D eigenvalue weighted by atomic mass is 35.5. The third-order valence-corrected chi connectivity index (χ3v) is 2.68. The maximum atomic E-state index is 12.8. The highest BCUT2D eigenvalue weighted by Crippen LogP contribution is 2.17. The monoisotopic (exact) mass is 239 g/mol. The highest BCUT2D eigenvalue weighted by Gasteiger charge is 2.05. The van der Waals surface area contributed by atoms with Crippen LogP contribution in [0.2, 0.25) is 5.02 Å². The van der Waals surface area contributed by atoms with Gasteiger partial charge in [0.2, 0.25) is 0 Å². The molecule has 0 aliphatic carbocycles. The molecule has 1 aromatic carbocycles. The van der Waals surface area contributed by atoms with E-state index >= 15 is 0 Å². The van der Waals surface area contributed by atoms with Gasteiger partial charge in [-0.1, -0.05) is 36.9 Å². The number of hydrogen-bond donors (Lipinski definition) is 1. The first-order valence-electron chi connectivity index (χ1n) is 5.30. The molecule has 3 heteroatoms. The minimum absolute atomic E-state index is 0.0473. The Morgan fingerprint density at radius 3 is 2.88 bits per heavy atom. The van der Waals surface area contributed by atoms with Crippen molar-refractivity contribution in [1.82, 2.24) is 5.32 Å². The smallest absolute Gasteiger partial charge is 0.124 e. The summed E-state index contributed by atoms with van der Waals surface area (Å²) in [5, 5.41) is 3.63. The van der Waals surface area contributed by atoms with Crippen LogP contribution in [0.5, 0.6) is 0 Å². The normalized spacial score (nSPS) is 12.1. The molecule has 0 aliphatic rings. The van der Waals surface area contributed by atoms with Gasteiger partial charge in [-0.05, 0) is 24.1 Å². The Labute approximate surface area is 101 Å². The van der Waals surface area contributed by atoms with Crippen molar-refractivity contribution in [2.24, 2.45) is 0 Å². The van der Waals surface area contributed by atoms with Gasteiger partial charge in [-0.3, -0.25) is 5.32 Å². The lowest BCUT2D eigenvalue weighted by Gasteiger charge is -2.12. The third-order valence-electron chi connectivity index (χ3n) is 2.33. The van der Waals surface area contributed by atoms with Crippen molar-refractivity contribution in [3.8, 4) is 12.3 Å². The zero-order valence-corrected chi connectivity index (χ0v) is 10.0. The van der Waals surface area contributed by atoms with E-state index in [1.807, 2.05) is 0 Å². The molecule has 0 bridgehead atoms. The summed E-state index contributed by atoms with van der Waals surface area (Å²) in [6, 6.07) is 4.42. The van der Waals surface area contributed by atoms with Crippen LogP contribution in [0.25, 0.3) is 0 Å². The molecule has 1 aromatic rings. The lowest BCUT2D eigenvalue weighted by molar-refractivity contribution is 0.562. The minimum Gasteiger partial charge on any atom is -0.300 e. The lowest BCUT2D eigenvalue weighted by atomic mass is 10.1. The molecular formula is C13H15ClFN. The molecule has 0 aromatic heterocycles. The van der Waals surface area contributed by atoms with Gasteiger partial charge in [-0.25, -0.2) is 4.39 Å². The predicted molar refractivity (Wildman–Crippen MR) is 65.8 cm³/mol. The van der Waals surface area contributed by atoms with Crippen LogP contribution in [0.4, 0.5) is 4.39 Å². The fraction of sp³-hybridized carbons (Fsp3) is 0.385. The minimum atomic E-state index is -0.323. The Bertz CT molecular complexity index is 384. The molecule has 0 amide bonds. The van der Waals surface area contributed by atoms with Crippen molar-refractivity contribution in [3.05, 3.63) is 34.6 Å². The lowest BCUT2D eigenvalue weighted by Crippen LogP contribution is -2.26. The van der Waals surface area contributed by atoms with E-state index in [9.17, 15) is 4.39 Å².